The number of likely N-dealkylation sites (tertiary alicyclic amines) is 1. The molecule has 2 aliphatic rings. The number of hydrogen-bond acceptors (Lipinski definition) is 4. The monoisotopic (exact) mass is 337 g/mol. The molecule has 0 bridgehead atoms. The first-order chi connectivity index (χ1) is 11.5. The van der Waals surface area contributed by atoms with Gasteiger partial charge in [0.15, 0.2) is 0 Å². The molecule has 2 amide bonds. The van der Waals surface area contributed by atoms with Gasteiger partial charge >= 0.3 is 0 Å². The van der Waals surface area contributed by atoms with Crippen LogP contribution in [-0.2, 0) is 14.3 Å². The van der Waals surface area contributed by atoms with E-state index in [1.165, 1.54) is 0 Å². The Hall–Kier alpha value is -1.40. The molecule has 136 valence electrons. The molecule has 1 unspecified atom stereocenters. The second-order valence-corrected chi connectivity index (χ2v) is 6.88. The smallest absolute Gasteiger partial charge is 0.237 e. The number of carbonyl (C=O) groups excluding carboxylic acids is 2. The molecule has 24 heavy (non-hydrogen) atoms. The number of morpholine rings is 1. The number of amides is 2. The molecule has 0 aromatic heterocycles. The lowest BCUT2D eigenvalue weighted by Gasteiger charge is -2.36. The zero-order valence-corrected chi connectivity index (χ0v) is 15.1. The van der Waals surface area contributed by atoms with Crippen LogP contribution in [0.15, 0.2) is 12.2 Å². The van der Waals surface area contributed by atoms with Gasteiger partial charge in [-0.2, -0.15) is 0 Å². The normalized spacial score (nSPS) is 22.2. The molecule has 6 heteroatoms. The van der Waals surface area contributed by atoms with Gasteiger partial charge in [-0.25, -0.2) is 0 Å². The molecule has 0 saturated carbocycles. The molecule has 2 aliphatic heterocycles. The van der Waals surface area contributed by atoms with Crippen molar-refractivity contribution >= 4 is 11.8 Å². The van der Waals surface area contributed by atoms with E-state index >= 15 is 0 Å². The molecule has 0 radical (unpaired) electrons. The van der Waals surface area contributed by atoms with Crippen LogP contribution in [0.5, 0.6) is 0 Å². The minimum absolute atomic E-state index is 0.0147. The Morgan fingerprint density at radius 1 is 1.25 bits per heavy atom. The van der Waals surface area contributed by atoms with Gasteiger partial charge in [0.1, 0.15) is 0 Å². The summed E-state index contributed by atoms with van der Waals surface area (Å²) in [5.41, 5.74) is 0.990. The number of piperidine rings is 1. The fourth-order valence-electron chi connectivity index (χ4n) is 3.44. The summed E-state index contributed by atoms with van der Waals surface area (Å²) < 4.78 is 5.32. The van der Waals surface area contributed by atoms with Crippen LogP contribution < -0.4 is 0 Å². The fourth-order valence-corrected chi connectivity index (χ4v) is 3.44. The van der Waals surface area contributed by atoms with Crippen molar-refractivity contribution < 1.29 is 14.3 Å². The molecule has 0 aromatic carbocycles. The van der Waals surface area contributed by atoms with Crippen LogP contribution in [0.1, 0.15) is 26.7 Å². The second kappa shape index (κ2) is 9.18. The highest BCUT2D eigenvalue weighted by molar-refractivity contribution is 5.80. The summed E-state index contributed by atoms with van der Waals surface area (Å²) in [6.07, 6.45) is 1.89. The van der Waals surface area contributed by atoms with E-state index in [-0.39, 0.29) is 17.7 Å². The predicted molar refractivity (Wildman–Crippen MR) is 93.6 cm³/mol. The number of likely N-dealkylation sites (N-methyl/N-ethyl adjacent to an activating group) is 1. The first kappa shape index (κ1) is 18.9. The summed E-state index contributed by atoms with van der Waals surface area (Å²) in [5.74, 6) is 0.366. The zero-order valence-electron chi connectivity index (χ0n) is 15.1. The largest absolute Gasteiger partial charge is 0.378 e. The maximum absolute atomic E-state index is 12.7. The van der Waals surface area contributed by atoms with Crippen molar-refractivity contribution in [1.82, 2.24) is 14.7 Å². The van der Waals surface area contributed by atoms with Gasteiger partial charge < -0.3 is 14.5 Å². The van der Waals surface area contributed by atoms with E-state index in [1.54, 1.807) is 0 Å². The summed E-state index contributed by atoms with van der Waals surface area (Å²) in [4.78, 5) is 31.0. The second-order valence-electron chi connectivity index (χ2n) is 6.88. The molecular weight excluding hydrogens is 306 g/mol. The maximum atomic E-state index is 12.7. The highest BCUT2D eigenvalue weighted by Gasteiger charge is 2.31. The molecule has 1 atom stereocenters. The van der Waals surface area contributed by atoms with Gasteiger partial charge in [-0.3, -0.25) is 14.5 Å². The summed E-state index contributed by atoms with van der Waals surface area (Å²) in [6, 6.07) is 0. The standard InChI is InChI=1S/C18H31N3O3/c1-4-20(12-15(2)3)17(22)14-19-7-5-6-16(13-19)18(23)21-8-10-24-11-9-21/h16H,2,4-14H2,1,3H3. The highest BCUT2D eigenvalue weighted by atomic mass is 16.5. The maximum Gasteiger partial charge on any atom is 0.237 e. The van der Waals surface area contributed by atoms with Crippen LogP contribution >= 0.6 is 0 Å². The van der Waals surface area contributed by atoms with E-state index in [1.807, 2.05) is 23.6 Å². The van der Waals surface area contributed by atoms with Crippen LogP contribution in [0, 0.1) is 5.92 Å². The third kappa shape index (κ3) is 5.31. The molecule has 0 spiro atoms. The van der Waals surface area contributed by atoms with Gasteiger partial charge in [0.25, 0.3) is 0 Å². The number of ether oxygens (including phenoxy) is 1. The molecule has 2 heterocycles. The zero-order chi connectivity index (χ0) is 17.5. The van der Waals surface area contributed by atoms with Gasteiger partial charge in [0.2, 0.25) is 11.8 Å². The van der Waals surface area contributed by atoms with Crippen LogP contribution in [0.2, 0.25) is 0 Å². The molecule has 0 aromatic rings. The minimum atomic E-state index is 0.0147. The van der Waals surface area contributed by atoms with Crippen molar-refractivity contribution in [3.05, 3.63) is 12.2 Å². The average Bonchev–Trinajstić information content (AvgIpc) is 2.59. The van der Waals surface area contributed by atoms with Crippen LogP contribution in [0.25, 0.3) is 0 Å². The van der Waals surface area contributed by atoms with Gasteiger partial charge in [-0.15, -0.1) is 0 Å². The molecule has 0 aliphatic carbocycles. The topological polar surface area (TPSA) is 53.1 Å². The van der Waals surface area contributed by atoms with Crippen molar-refractivity contribution in [2.45, 2.75) is 26.7 Å². The van der Waals surface area contributed by atoms with E-state index in [2.05, 4.69) is 11.5 Å². The van der Waals surface area contributed by atoms with Crippen molar-refractivity contribution in [1.29, 1.82) is 0 Å². The molecule has 2 rings (SSSR count). The summed E-state index contributed by atoms with van der Waals surface area (Å²) in [5, 5.41) is 0. The Bertz CT molecular complexity index is 460. The first-order valence-electron chi connectivity index (χ1n) is 9.02. The third-order valence-corrected chi connectivity index (χ3v) is 4.73. The Labute approximate surface area is 145 Å². The summed E-state index contributed by atoms with van der Waals surface area (Å²) >= 11 is 0. The third-order valence-electron chi connectivity index (χ3n) is 4.73. The van der Waals surface area contributed by atoms with Crippen molar-refractivity contribution in [3.8, 4) is 0 Å². The molecule has 2 fully saturated rings. The SMILES string of the molecule is C=C(C)CN(CC)C(=O)CN1CCCC(C(=O)N2CCOCC2)C1. The van der Waals surface area contributed by atoms with Crippen LogP contribution in [0.3, 0.4) is 0 Å². The number of hydrogen-bond donors (Lipinski definition) is 0. The molecular formula is C18H31N3O3. The van der Waals surface area contributed by atoms with Crippen molar-refractivity contribution in [2.75, 3.05) is 59.0 Å². The molecule has 2 saturated heterocycles. The fraction of sp³-hybridized carbons (Fsp3) is 0.778. The lowest BCUT2D eigenvalue weighted by atomic mass is 9.96. The summed E-state index contributed by atoms with van der Waals surface area (Å²) in [7, 11) is 0. The minimum Gasteiger partial charge on any atom is -0.378 e. The predicted octanol–water partition coefficient (Wildman–Crippen LogP) is 0.982. The van der Waals surface area contributed by atoms with Crippen LogP contribution in [-0.4, -0.2) is 85.5 Å². The molecule has 0 N–H and O–H groups in total. The van der Waals surface area contributed by atoms with E-state index in [4.69, 9.17) is 4.74 Å². The van der Waals surface area contributed by atoms with Gasteiger partial charge in [-0.05, 0) is 33.2 Å². The Balaban J connectivity index is 1.86. The Morgan fingerprint density at radius 3 is 2.58 bits per heavy atom. The lowest BCUT2D eigenvalue weighted by Crippen LogP contribution is -2.50. The van der Waals surface area contributed by atoms with E-state index < -0.39 is 0 Å². The van der Waals surface area contributed by atoms with E-state index in [0.717, 1.165) is 25.0 Å². The number of nitrogens with zero attached hydrogens (tertiary/aromatic N) is 3. The molecule has 6 nitrogen and oxygen atoms in total. The quantitative estimate of drug-likeness (QED) is 0.678. The van der Waals surface area contributed by atoms with Gasteiger partial charge in [0.05, 0.1) is 25.7 Å². The van der Waals surface area contributed by atoms with Crippen molar-refractivity contribution in [3.63, 3.8) is 0 Å². The number of rotatable bonds is 6. The highest BCUT2D eigenvalue weighted by Crippen LogP contribution is 2.19. The average molecular weight is 337 g/mol. The van der Waals surface area contributed by atoms with Crippen molar-refractivity contribution in [2.24, 2.45) is 5.92 Å². The van der Waals surface area contributed by atoms with Gasteiger partial charge in [-0.1, -0.05) is 12.2 Å². The Kier molecular flexibility index (Phi) is 7.24. The Morgan fingerprint density at radius 2 is 1.96 bits per heavy atom. The first-order valence-corrected chi connectivity index (χ1v) is 9.02. The van der Waals surface area contributed by atoms with E-state index in [0.29, 0.717) is 52.5 Å². The van der Waals surface area contributed by atoms with Gasteiger partial charge in [0, 0.05) is 32.7 Å². The van der Waals surface area contributed by atoms with Crippen LogP contribution in [0.4, 0.5) is 0 Å². The van der Waals surface area contributed by atoms with E-state index in [9.17, 15) is 9.59 Å². The lowest BCUT2D eigenvalue weighted by molar-refractivity contribution is -0.142. The number of carbonyl (C=O) groups is 2. The summed E-state index contributed by atoms with van der Waals surface area (Å²) in [6.45, 7) is 13.7.